The van der Waals surface area contributed by atoms with Crippen LogP contribution in [-0.2, 0) is 9.53 Å². The Morgan fingerprint density at radius 2 is 1.65 bits per heavy atom. The molecule has 1 heterocycles. The minimum Gasteiger partial charge on any atom is -0.398 e. The van der Waals surface area contributed by atoms with Gasteiger partial charge in [0, 0.05) is 74.2 Å². The van der Waals surface area contributed by atoms with E-state index in [0.717, 1.165) is 67.0 Å². The summed E-state index contributed by atoms with van der Waals surface area (Å²) in [5.41, 5.74) is 14.5. The Kier molecular flexibility index (Phi) is 22.7. The van der Waals surface area contributed by atoms with Gasteiger partial charge in [0.25, 0.3) is 5.92 Å². The van der Waals surface area contributed by atoms with E-state index in [1.807, 2.05) is 45.2 Å². The number of nitrogens with zero attached hydrogens (tertiary/aromatic N) is 1. The van der Waals surface area contributed by atoms with Crippen LogP contribution in [0.1, 0.15) is 127 Å². The van der Waals surface area contributed by atoms with Crippen molar-refractivity contribution in [3.8, 4) is 0 Å². The minimum atomic E-state index is -3.14. The molecule has 10 heteroatoms. The number of alkyl halides is 2. The van der Waals surface area contributed by atoms with E-state index in [9.17, 15) is 18.0 Å². The first-order valence-electron chi connectivity index (χ1n) is 19.4. The highest BCUT2D eigenvalue weighted by molar-refractivity contribution is 5.85. The topological polar surface area (TPSA) is 96.7 Å². The van der Waals surface area contributed by atoms with Gasteiger partial charge in [-0.1, -0.05) is 72.1 Å². The highest BCUT2D eigenvalue weighted by Crippen LogP contribution is 2.33. The molecule has 1 saturated heterocycles. The molecule has 1 aliphatic heterocycles. The second-order valence-corrected chi connectivity index (χ2v) is 13.3. The van der Waals surface area contributed by atoms with Crippen LogP contribution in [0.4, 0.5) is 35.9 Å². The SMILES string of the molecule is CC.CC(F)(F)C=O.CCC(C)=C(NC)c1ccc(Nc2ccccc2F)cc1N.CCCCC(CCC)c1ccc(C=O)c(N(C)C2CCOCC2)c1. The molecule has 1 fully saturated rings. The van der Waals surface area contributed by atoms with Crippen LogP contribution in [0.3, 0.4) is 0 Å². The van der Waals surface area contributed by atoms with Crippen LogP contribution in [0, 0.1) is 5.82 Å². The lowest BCUT2D eigenvalue weighted by Crippen LogP contribution is -2.37. The van der Waals surface area contributed by atoms with Crippen LogP contribution in [0.15, 0.2) is 66.2 Å². The average Bonchev–Trinajstić information content (AvgIpc) is 3.19. The van der Waals surface area contributed by atoms with Crippen molar-refractivity contribution in [3.05, 3.63) is 88.7 Å². The number of hydrogen-bond acceptors (Lipinski definition) is 7. The normalized spacial score (nSPS) is 13.6. The van der Waals surface area contributed by atoms with Crippen molar-refractivity contribution in [1.29, 1.82) is 0 Å². The molecule has 3 aromatic carbocycles. The van der Waals surface area contributed by atoms with Gasteiger partial charge >= 0.3 is 0 Å². The molecule has 0 aliphatic carbocycles. The number of benzene rings is 3. The monoisotopic (exact) mass is 755 g/mol. The van der Waals surface area contributed by atoms with Gasteiger partial charge in [-0.05, 0) is 98.5 Å². The fourth-order valence-electron chi connectivity index (χ4n) is 6.11. The van der Waals surface area contributed by atoms with E-state index in [4.69, 9.17) is 15.3 Å². The number of unbranched alkanes of at least 4 members (excludes halogenated alkanes) is 1. The fourth-order valence-corrected chi connectivity index (χ4v) is 6.11. The number of aldehydes is 2. The van der Waals surface area contributed by atoms with Crippen molar-refractivity contribution in [3.63, 3.8) is 0 Å². The van der Waals surface area contributed by atoms with E-state index >= 15 is 0 Å². The van der Waals surface area contributed by atoms with Gasteiger partial charge in [-0.15, -0.1) is 0 Å². The van der Waals surface area contributed by atoms with Gasteiger partial charge in [0.2, 0.25) is 0 Å². The second-order valence-electron chi connectivity index (χ2n) is 13.3. The third-order valence-corrected chi connectivity index (χ3v) is 9.20. The summed E-state index contributed by atoms with van der Waals surface area (Å²) in [4.78, 5) is 22.9. The first-order valence-corrected chi connectivity index (χ1v) is 19.4. The maximum Gasteiger partial charge on any atom is 0.299 e. The van der Waals surface area contributed by atoms with E-state index in [1.54, 1.807) is 18.2 Å². The lowest BCUT2D eigenvalue weighted by Gasteiger charge is -2.34. The molecule has 4 N–H and O–H groups in total. The Morgan fingerprint density at radius 3 is 2.17 bits per heavy atom. The predicted molar refractivity (Wildman–Crippen MR) is 222 cm³/mol. The molecule has 300 valence electrons. The van der Waals surface area contributed by atoms with E-state index in [2.05, 4.69) is 62.4 Å². The Hall–Kier alpha value is -4.31. The standard InChI is InChI=1S/C21H33NO2.C18H22FN3.C3H4F2O.C2H6/c1-4-6-8-17(7-5-2)18-9-10-19(16-23)21(15-18)22(3)20-11-13-24-14-12-20;1-4-12(2)18(21-3)14-10-9-13(11-16(14)20)22-17-8-6-5-7-15(17)19;1-3(4,5)2-6;1-2/h9-10,15-17,20H,4-8,11-14H2,1-3H3;5-11,21-22H,4,20H2,1-3H3;2H,1H3;1-2H3. The summed E-state index contributed by atoms with van der Waals surface area (Å²) >= 11 is 0. The molecule has 0 bridgehead atoms. The number of para-hydroxylation sites is 1. The number of nitrogens with one attached hydrogen (secondary N) is 2. The highest BCUT2D eigenvalue weighted by Gasteiger charge is 2.22. The number of ether oxygens (including phenoxy) is 1. The summed E-state index contributed by atoms with van der Waals surface area (Å²) in [7, 11) is 4.02. The third-order valence-electron chi connectivity index (χ3n) is 9.20. The van der Waals surface area contributed by atoms with Crippen LogP contribution < -0.4 is 21.3 Å². The summed E-state index contributed by atoms with van der Waals surface area (Å²) in [6, 6.07) is 19.2. The maximum atomic E-state index is 13.7. The summed E-state index contributed by atoms with van der Waals surface area (Å²) in [6.07, 6.45) is 9.79. The zero-order valence-corrected chi connectivity index (χ0v) is 34.0. The molecule has 0 radical (unpaired) electrons. The lowest BCUT2D eigenvalue weighted by molar-refractivity contribution is -0.126. The molecule has 1 unspecified atom stereocenters. The van der Waals surface area contributed by atoms with E-state index in [1.165, 1.54) is 49.3 Å². The summed E-state index contributed by atoms with van der Waals surface area (Å²) < 4.78 is 41.3. The van der Waals surface area contributed by atoms with Gasteiger partial charge in [-0.25, -0.2) is 4.39 Å². The molecule has 0 spiro atoms. The van der Waals surface area contributed by atoms with Gasteiger partial charge < -0.3 is 26.0 Å². The molecular weight excluding hydrogens is 690 g/mol. The van der Waals surface area contributed by atoms with Gasteiger partial charge in [0.05, 0.1) is 5.69 Å². The van der Waals surface area contributed by atoms with Gasteiger partial charge in [-0.3, -0.25) is 9.59 Å². The fraction of sp³-hybridized carbons (Fsp3) is 0.500. The average molecular weight is 755 g/mol. The molecule has 3 aromatic rings. The zero-order chi connectivity index (χ0) is 40.7. The van der Waals surface area contributed by atoms with Crippen molar-refractivity contribution >= 4 is 41.0 Å². The van der Waals surface area contributed by atoms with Gasteiger partial charge in [0.15, 0.2) is 12.6 Å². The van der Waals surface area contributed by atoms with Crippen LogP contribution in [0.5, 0.6) is 0 Å². The molecule has 54 heavy (non-hydrogen) atoms. The maximum absolute atomic E-state index is 13.7. The number of nitrogens with two attached hydrogens (primary N) is 1. The number of rotatable bonds is 15. The van der Waals surface area contributed by atoms with E-state index in [-0.39, 0.29) is 5.82 Å². The van der Waals surface area contributed by atoms with Crippen molar-refractivity contribution < 1.29 is 27.5 Å². The van der Waals surface area contributed by atoms with Crippen LogP contribution >= 0.6 is 0 Å². The molecule has 7 nitrogen and oxygen atoms in total. The first kappa shape index (κ1) is 47.7. The molecular formula is C44H65F3N4O3. The number of halogens is 3. The van der Waals surface area contributed by atoms with E-state index in [0.29, 0.717) is 30.3 Å². The van der Waals surface area contributed by atoms with Crippen LogP contribution in [-0.4, -0.2) is 51.8 Å². The Morgan fingerprint density at radius 1 is 1.00 bits per heavy atom. The van der Waals surface area contributed by atoms with Crippen LogP contribution in [0.25, 0.3) is 5.70 Å². The number of carbonyl (C=O) groups excluding carboxylic acids is 2. The smallest absolute Gasteiger partial charge is 0.299 e. The Bertz CT molecular complexity index is 1570. The summed E-state index contributed by atoms with van der Waals surface area (Å²) in [6.45, 7) is 14.9. The van der Waals surface area contributed by atoms with Gasteiger partial charge in [-0.2, -0.15) is 8.78 Å². The Balaban J connectivity index is 0.000000452. The van der Waals surface area contributed by atoms with Gasteiger partial charge in [0.1, 0.15) is 5.82 Å². The summed E-state index contributed by atoms with van der Waals surface area (Å²) in [5.74, 6) is -2.82. The number of anilines is 4. The van der Waals surface area contributed by atoms with Crippen molar-refractivity contribution in [2.24, 2.45) is 0 Å². The third kappa shape index (κ3) is 16.0. The van der Waals surface area contributed by atoms with Crippen molar-refractivity contribution in [2.75, 3.05) is 43.3 Å². The first-order chi connectivity index (χ1) is 25.8. The predicted octanol–water partition coefficient (Wildman–Crippen LogP) is 11.6. The Labute approximate surface area is 322 Å². The number of nitrogen functional groups attached to an aromatic ring is 1. The summed E-state index contributed by atoms with van der Waals surface area (Å²) in [5, 5.41) is 6.26. The molecule has 1 aliphatic rings. The quantitative estimate of drug-likeness (QED) is 0.105. The second kappa shape index (κ2) is 25.7. The number of allylic oxidation sites excluding steroid dienone is 1. The largest absolute Gasteiger partial charge is 0.398 e. The molecule has 1 atom stereocenters. The molecule has 0 amide bonds. The molecule has 0 saturated carbocycles. The van der Waals surface area contributed by atoms with Crippen LogP contribution in [0.2, 0.25) is 0 Å². The number of hydrogen-bond donors (Lipinski definition) is 3. The zero-order valence-electron chi connectivity index (χ0n) is 34.0. The van der Waals surface area contributed by atoms with Crippen molar-refractivity contribution in [1.82, 2.24) is 5.32 Å². The molecule has 4 rings (SSSR count). The van der Waals surface area contributed by atoms with E-state index < -0.39 is 12.2 Å². The lowest BCUT2D eigenvalue weighted by atomic mass is 9.88. The van der Waals surface area contributed by atoms with Crippen molar-refractivity contribution in [2.45, 2.75) is 118 Å². The number of carbonyl (C=O) groups is 2. The minimum absolute atomic E-state index is 0.289. The highest BCUT2D eigenvalue weighted by atomic mass is 19.3. The molecule has 0 aromatic heterocycles.